The van der Waals surface area contributed by atoms with Gasteiger partial charge in [0.05, 0.1) is 12.1 Å². The van der Waals surface area contributed by atoms with Crippen LogP contribution >= 0.6 is 0 Å². The average Bonchev–Trinajstić information content (AvgIpc) is 2.54. The van der Waals surface area contributed by atoms with Gasteiger partial charge in [-0.05, 0) is 12.1 Å². The lowest BCUT2D eigenvalue weighted by atomic mass is 10.3. The van der Waals surface area contributed by atoms with Crippen molar-refractivity contribution >= 4 is 22.8 Å². The van der Waals surface area contributed by atoms with Crippen molar-refractivity contribution in [2.75, 3.05) is 31.7 Å². The largest absolute Gasteiger partial charge is 0.409 e. The van der Waals surface area contributed by atoms with Gasteiger partial charge in [-0.2, -0.15) is 0 Å². The quantitative estimate of drug-likeness (QED) is 0.333. The minimum atomic E-state index is 0.158. The van der Waals surface area contributed by atoms with Crippen molar-refractivity contribution < 1.29 is 9.94 Å². The number of benzene rings is 1. The fourth-order valence-corrected chi connectivity index (χ4v) is 1.82. The highest BCUT2D eigenvalue weighted by molar-refractivity contribution is 5.80. The Morgan fingerprint density at radius 2 is 2.05 bits per heavy atom. The van der Waals surface area contributed by atoms with Crippen LogP contribution in [0.3, 0.4) is 0 Å². The lowest BCUT2D eigenvalue weighted by Gasteiger charge is -2.21. The molecular formula is C13H18N6O2. The number of methoxy groups -OCH3 is 1. The Morgan fingerprint density at radius 1 is 1.29 bits per heavy atom. The van der Waals surface area contributed by atoms with Crippen LogP contribution in [-0.4, -0.2) is 53.0 Å². The molecule has 0 fully saturated rings. The van der Waals surface area contributed by atoms with Crippen LogP contribution in [0.1, 0.15) is 6.42 Å². The van der Waals surface area contributed by atoms with E-state index in [4.69, 9.17) is 15.7 Å². The van der Waals surface area contributed by atoms with E-state index in [-0.39, 0.29) is 5.84 Å². The molecule has 8 heteroatoms. The molecule has 21 heavy (non-hydrogen) atoms. The minimum absolute atomic E-state index is 0.158. The van der Waals surface area contributed by atoms with Gasteiger partial charge in [0, 0.05) is 26.6 Å². The summed E-state index contributed by atoms with van der Waals surface area (Å²) in [6.45, 7) is 1.63. The number of hydrogen-bond acceptors (Lipinski definition) is 7. The van der Waals surface area contributed by atoms with Crippen molar-refractivity contribution in [3.8, 4) is 0 Å². The molecule has 1 heterocycles. The molecule has 0 amide bonds. The van der Waals surface area contributed by atoms with E-state index in [1.807, 2.05) is 29.2 Å². The average molecular weight is 290 g/mol. The number of aromatic nitrogens is 3. The van der Waals surface area contributed by atoms with E-state index >= 15 is 0 Å². The van der Waals surface area contributed by atoms with E-state index in [0.29, 0.717) is 32.1 Å². The lowest BCUT2D eigenvalue weighted by Crippen LogP contribution is -2.32. The summed E-state index contributed by atoms with van der Waals surface area (Å²) in [5, 5.41) is 19.9. The highest BCUT2D eigenvalue weighted by atomic mass is 16.5. The topological polar surface area (TPSA) is 110 Å². The predicted molar refractivity (Wildman–Crippen MR) is 79.4 cm³/mol. The summed E-state index contributed by atoms with van der Waals surface area (Å²) in [5.74, 6) is 0.655. The van der Waals surface area contributed by atoms with E-state index in [2.05, 4.69) is 20.3 Å². The summed E-state index contributed by atoms with van der Waals surface area (Å²) in [6.07, 6.45) is 0.399. The third-order valence-electron chi connectivity index (χ3n) is 2.96. The SMILES string of the molecule is COCCN(CC/C(N)=N/O)c1nnc2ccccc2n1. The third-order valence-corrected chi connectivity index (χ3v) is 2.96. The Kier molecular flexibility index (Phi) is 5.22. The van der Waals surface area contributed by atoms with Gasteiger partial charge in [0.1, 0.15) is 11.4 Å². The fourth-order valence-electron chi connectivity index (χ4n) is 1.82. The zero-order valence-electron chi connectivity index (χ0n) is 11.8. The highest BCUT2D eigenvalue weighted by Crippen LogP contribution is 2.12. The van der Waals surface area contributed by atoms with Crippen LogP contribution in [0.15, 0.2) is 29.4 Å². The molecule has 1 aromatic heterocycles. The first-order chi connectivity index (χ1) is 10.2. The maximum atomic E-state index is 8.61. The standard InChI is InChI=1S/C13H18N6O2/c1-21-9-8-19(7-6-12(14)18-20)13-15-10-4-2-3-5-11(10)16-17-13/h2-5,20H,6-9H2,1H3,(H2,14,18). The summed E-state index contributed by atoms with van der Waals surface area (Å²) in [4.78, 5) is 6.38. The molecule has 0 saturated heterocycles. The summed E-state index contributed by atoms with van der Waals surface area (Å²) in [6, 6.07) is 7.52. The Morgan fingerprint density at radius 3 is 2.76 bits per heavy atom. The van der Waals surface area contributed by atoms with Gasteiger partial charge in [-0.25, -0.2) is 4.98 Å². The molecule has 2 rings (SSSR count). The van der Waals surface area contributed by atoms with E-state index in [0.717, 1.165) is 11.0 Å². The molecule has 112 valence electrons. The number of ether oxygens (including phenoxy) is 1. The van der Waals surface area contributed by atoms with Crippen molar-refractivity contribution in [3.05, 3.63) is 24.3 Å². The number of para-hydroxylation sites is 1. The summed E-state index contributed by atoms with van der Waals surface area (Å²) in [5.41, 5.74) is 7.02. The number of nitrogens with two attached hydrogens (primary N) is 1. The fraction of sp³-hybridized carbons (Fsp3) is 0.385. The minimum Gasteiger partial charge on any atom is -0.409 e. The molecule has 0 spiro atoms. The van der Waals surface area contributed by atoms with E-state index in [1.165, 1.54) is 0 Å². The van der Waals surface area contributed by atoms with Crippen LogP contribution in [0.4, 0.5) is 5.95 Å². The third kappa shape index (κ3) is 3.99. The molecule has 2 aromatic rings. The van der Waals surface area contributed by atoms with Gasteiger partial charge >= 0.3 is 0 Å². The van der Waals surface area contributed by atoms with Crippen LogP contribution in [0.25, 0.3) is 11.0 Å². The van der Waals surface area contributed by atoms with Gasteiger partial charge in [0.25, 0.3) is 0 Å². The van der Waals surface area contributed by atoms with Crippen molar-refractivity contribution in [1.82, 2.24) is 15.2 Å². The normalized spacial score (nSPS) is 11.8. The summed E-state index contributed by atoms with van der Waals surface area (Å²) >= 11 is 0. The molecule has 0 aliphatic carbocycles. The molecule has 0 aliphatic heterocycles. The molecule has 3 N–H and O–H groups in total. The van der Waals surface area contributed by atoms with Crippen molar-refractivity contribution in [2.24, 2.45) is 10.9 Å². The molecular weight excluding hydrogens is 272 g/mol. The Bertz CT molecular complexity index is 618. The Balaban J connectivity index is 2.20. The molecule has 0 aliphatic rings. The van der Waals surface area contributed by atoms with Gasteiger partial charge in [-0.3, -0.25) is 0 Å². The Hall–Kier alpha value is -2.48. The number of anilines is 1. The lowest BCUT2D eigenvalue weighted by molar-refractivity contribution is 0.205. The number of oxime groups is 1. The molecule has 0 saturated carbocycles. The second kappa shape index (κ2) is 7.34. The van der Waals surface area contributed by atoms with Crippen LogP contribution in [0.2, 0.25) is 0 Å². The maximum Gasteiger partial charge on any atom is 0.246 e. The van der Waals surface area contributed by atoms with Gasteiger partial charge in [-0.15, -0.1) is 10.2 Å². The second-order valence-electron chi connectivity index (χ2n) is 4.42. The zero-order chi connectivity index (χ0) is 15.1. The Labute approximate surface area is 122 Å². The molecule has 0 atom stereocenters. The van der Waals surface area contributed by atoms with Gasteiger partial charge < -0.3 is 20.6 Å². The summed E-state index contributed by atoms with van der Waals surface area (Å²) < 4.78 is 5.09. The first-order valence-corrected chi connectivity index (χ1v) is 6.54. The molecule has 1 aromatic carbocycles. The van der Waals surface area contributed by atoms with Gasteiger partial charge in [0.15, 0.2) is 0 Å². The second-order valence-corrected chi connectivity index (χ2v) is 4.42. The van der Waals surface area contributed by atoms with Crippen molar-refractivity contribution in [2.45, 2.75) is 6.42 Å². The number of nitrogens with zero attached hydrogens (tertiary/aromatic N) is 5. The number of rotatable bonds is 7. The predicted octanol–water partition coefficient (Wildman–Crippen LogP) is 0.614. The molecule has 0 bridgehead atoms. The number of fused-ring (bicyclic) bond motifs is 1. The van der Waals surface area contributed by atoms with Crippen LogP contribution in [0.5, 0.6) is 0 Å². The molecule has 0 unspecified atom stereocenters. The van der Waals surface area contributed by atoms with Crippen LogP contribution in [0, 0.1) is 0 Å². The van der Waals surface area contributed by atoms with Gasteiger partial charge in [-0.1, -0.05) is 17.3 Å². The van der Waals surface area contributed by atoms with E-state index < -0.39 is 0 Å². The van der Waals surface area contributed by atoms with Crippen LogP contribution < -0.4 is 10.6 Å². The monoisotopic (exact) mass is 290 g/mol. The van der Waals surface area contributed by atoms with E-state index in [9.17, 15) is 0 Å². The first-order valence-electron chi connectivity index (χ1n) is 6.54. The smallest absolute Gasteiger partial charge is 0.246 e. The number of hydrogen-bond donors (Lipinski definition) is 2. The molecule has 0 radical (unpaired) electrons. The number of amidine groups is 1. The van der Waals surface area contributed by atoms with Crippen LogP contribution in [-0.2, 0) is 4.74 Å². The van der Waals surface area contributed by atoms with Crippen molar-refractivity contribution in [1.29, 1.82) is 0 Å². The zero-order valence-corrected chi connectivity index (χ0v) is 11.8. The first kappa shape index (κ1) is 14.9. The maximum absolute atomic E-state index is 8.61. The molecule has 8 nitrogen and oxygen atoms in total. The summed E-state index contributed by atoms with van der Waals surface area (Å²) in [7, 11) is 1.63. The highest BCUT2D eigenvalue weighted by Gasteiger charge is 2.12. The van der Waals surface area contributed by atoms with E-state index in [1.54, 1.807) is 7.11 Å². The van der Waals surface area contributed by atoms with Crippen molar-refractivity contribution in [3.63, 3.8) is 0 Å². The van der Waals surface area contributed by atoms with Gasteiger partial charge in [0.2, 0.25) is 5.95 Å².